The predicted octanol–water partition coefficient (Wildman–Crippen LogP) is 3.53. The van der Waals surface area contributed by atoms with Gasteiger partial charge in [-0.1, -0.05) is 41.1 Å². The number of fused-ring (bicyclic) bond motifs is 1. The van der Waals surface area contributed by atoms with Gasteiger partial charge in [0.2, 0.25) is 0 Å². The van der Waals surface area contributed by atoms with Crippen LogP contribution in [0.4, 0.5) is 0 Å². The van der Waals surface area contributed by atoms with Crippen molar-refractivity contribution in [3.05, 3.63) is 48.5 Å². The highest BCUT2D eigenvalue weighted by Crippen LogP contribution is 2.21. The number of aromatic nitrogens is 4. The van der Waals surface area contributed by atoms with Gasteiger partial charge >= 0.3 is 0 Å². The van der Waals surface area contributed by atoms with Gasteiger partial charge < -0.3 is 0 Å². The van der Waals surface area contributed by atoms with E-state index in [0.29, 0.717) is 4.83 Å². The summed E-state index contributed by atoms with van der Waals surface area (Å²) >= 11 is 3.66. The Morgan fingerprint density at radius 3 is 2.75 bits per heavy atom. The summed E-state index contributed by atoms with van der Waals surface area (Å²) in [5.41, 5.74) is 2.91. The van der Waals surface area contributed by atoms with Crippen LogP contribution in [0.25, 0.3) is 16.7 Å². The third kappa shape index (κ3) is 2.45. The van der Waals surface area contributed by atoms with Crippen molar-refractivity contribution in [2.45, 2.75) is 24.6 Å². The SMILES string of the molecule is CCC(Br)Cc1ncnc2c1cnn2-c1ccccc1. The van der Waals surface area contributed by atoms with Crippen molar-refractivity contribution in [3.63, 3.8) is 0 Å². The average Bonchev–Trinajstić information content (AvgIpc) is 2.93. The largest absolute Gasteiger partial charge is 0.240 e. The molecule has 0 N–H and O–H groups in total. The van der Waals surface area contributed by atoms with E-state index in [0.717, 1.165) is 35.3 Å². The van der Waals surface area contributed by atoms with E-state index >= 15 is 0 Å². The molecule has 2 aromatic heterocycles. The molecular formula is C15H15BrN4. The van der Waals surface area contributed by atoms with Crippen LogP contribution in [-0.4, -0.2) is 24.6 Å². The topological polar surface area (TPSA) is 43.6 Å². The van der Waals surface area contributed by atoms with Crippen LogP contribution in [0.5, 0.6) is 0 Å². The first-order valence-electron chi connectivity index (χ1n) is 6.66. The van der Waals surface area contributed by atoms with E-state index < -0.39 is 0 Å². The molecule has 3 aromatic rings. The second-order valence-electron chi connectivity index (χ2n) is 4.66. The summed E-state index contributed by atoms with van der Waals surface area (Å²) < 4.78 is 1.86. The zero-order valence-electron chi connectivity index (χ0n) is 11.2. The molecule has 0 fully saturated rings. The summed E-state index contributed by atoms with van der Waals surface area (Å²) in [6.45, 7) is 2.16. The first-order chi connectivity index (χ1) is 9.79. The van der Waals surface area contributed by atoms with E-state index in [1.807, 2.05) is 41.2 Å². The molecule has 0 saturated carbocycles. The Bertz CT molecular complexity index is 708. The van der Waals surface area contributed by atoms with Crippen molar-refractivity contribution in [1.29, 1.82) is 0 Å². The van der Waals surface area contributed by atoms with Crippen molar-refractivity contribution >= 4 is 27.0 Å². The van der Waals surface area contributed by atoms with Gasteiger partial charge in [0, 0.05) is 11.2 Å². The maximum absolute atomic E-state index is 4.46. The van der Waals surface area contributed by atoms with Gasteiger partial charge in [0.15, 0.2) is 5.65 Å². The fourth-order valence-corrected chi connectivity index (χ4v) is 2.47. The number of hydrogen-bond donors (Lipinski definition) is 0. The van der Waals surface area contributed by atoms with E-state index in [9.17, 15) is 0 Å². The first-order valence-corrected chi connectivity index (χ1v) is 7.58. The minimum atomic E-state index is 0.431. The summed E-state index contributed by atoms with van der Waals surface area (Å²) in [5.74, 6) is 0. The minimum absolute atomic E-state index is 0.431. The normalized spacial score (nSPS) is 12.7. The molecular weight excluding hydrogens is 316 g/mol. The Morgan fingerprint density at radius 1 is 1.20 bits per heavy atom. The first kappa shape index (κ1) is 13.2. The standard InChI is InChI=1S/C15H15BrN4/c1-2-11(16)8-14-13-9-19-20(15(13)18-10-17-14)12-6-4-3-5-7-12/h3-7,9-11H,2,8H2,1H3. The summed E-state index contributed by atoms with van der Waals surface area (Å²) in [5, 5.41) is 5.48. The van der Waals surface area contributed by atoms with Gasteiger partial charge in [-0.2, -0.15) is 5.10 Å². The van der Waals surface area contributed by atoms with Crippen LogP contribution in [0, 0.1) is 0 Å². The smallest absolute Gasteiger partial charge is 0.166 e. The van der Waals surface area contributed by atoms with E-state index in [4.69, 9.17) is 0 Å². The van der Waals surface area contributed by atoms with Gasteiger partial charge in [-0.05, 0) is 18.6 Å². The molecule has 20 heavy (non-hydrogen) atoms. The van der Waals surface area contributed by atoms with Crippen molar-refractivity contribution in [2.75, 3.05) is 0 Å². The van der Waals surface area contributed by atoms with Crippen LogP contribution in [-0.2, 0) is 6.42 Å². The second kappa shape index (κ2) is 5.71. The van der Waals surface area contributed by atoms with Gasteiger partial charge in [-0.15, -0.1) is 0 Å². The lowest BCUT2D eigenvalue weighted by Crippen LogP contribution is -2.04. The van der Waals surface area contributed by atoms with Crippen molar-refractivity contribution in [1.82, 2.24) is 19.7 Å². The maximum atomic E-state index is 4.46. The average molecular weight is 331 g/mol. The van der Waals surface area contributed by atoms with E-state index in [1.54, 1.807) is 6.33 Å². The van der Waals surface area contributed by atoms with Crippen molar-refractivity contribution in [3.8, 4) is 5.69 Å². The van der Waals surface area contributed by atoms with Crippen LogP contribution in [0.2, 0.25) is 0 Å². The Labute approximate surface area is 126 Å². The molecule has 0 aliphatic rings. The third-order valence-electron chi connectivity index (χ3n) is 3.31. The van der Waals surface area contributed by atoms with Gasteiger partial charge in [-0.25, -0.2) is 14.6 Å². The summed E-state index contributed by atoms with van der Waals surface area (Å²) in [4.78, 5) is 9.22. The molecule has 0 saturated heterocycles. The lowest BCUT2D eigenvalue weighted by atomic mass is 10.1. The number of nitrogens with zero attached hydrogens (tertiary/aromatic N) is 4. The molecule has 4 nitrogen and oxygen atoms in total. The molecule has 0 aliphatic carbocycles. The molecule has 0 radical (unpaired) electrons. The number of rotatable bonds is 4. The Balaban J connectivity index is 2.08. The molecule has 5 heteroatoms. The quantitative estimate of drug-likeness (QED) is 0.687. The summed E-state index contributed by atoms with van der Waals surface area (Å²) in [7, 11) is 0. The fourth-order valence-electron chi connectivity index (χ4n) is 2.17. The predicted molar refractivity (Wildman–Crippen MR) is 83.4 cm³/mol. The Kier molecular flexibility index (Phi) is 3.78. The molecule has 102 valence electrons. The zero-order chi connectivity index (χ0) is 13.9. The molecule has 2 heterocycles. The van der Waals surface area contributed by atoms with Gasteiger partial charge in [0.05, 0.1) is 23.0 Å². The van der Waals surface area contributed by atoms with Crippen molar-refractivity contribution in [2.24, 2.45) is 0 Å². The van der Waals surface area contributed by atoms with Crippen LogP contribution in [0.15, 0.2) is 42.9 Å². The second-order valence-corrected chi connectivity index (χ2v) is 5.95. The molecule has 0 aliphatic heterocycles. The van der Waals surface area contributed by atoms with Gasteiger partial charge in [0.1, 0.15) is 6.33 Å². The lowest BCUT2D eigenvalue weighted by Gasteiger charge is -2.07. The zero-order valence-corrected chi connectivity index (χ0v) is 12.8. The molecule has 0 spiro atoms. The number of halogens is 1. The van der Waals surface area contributed by atoms with Crippen LogP contribution in [0.1, 0.15) is 19.0 Å². The molecule has 3 rings (SSSR count). The number of benzene rings is 1. The lowest BCUT2D eigenvalue weighted by molar-refractivity contribution is 0.811. The number of alkyl halides is 1. The van der Waals surface area contributed by atoms with Gasteiger partial charge in [0.25, 0.3) is 0 Å². The Morgan fingerprint density at radius 2 is 2.00 bits per heavy atom. The molecule has 1 aromatic carbocycles. The molecule has 1 atom stereocenters. The van der Waals surface area contributed by atoms with Crippen LogP contribution < -0.4 is 0 Å². The molecule has 0 bridgehead atoms. The summed E-state index contributed by atoms with van der Waals surface area (Å²) in [6, 6.07) is 10.0. The highest BCUT2D eigenvalue weighted by molar-refractivity contribution is 9.09. The van der Waals surface area contributed by atoms with E-state index in [1.165, 1.54) is 0 Å². The van der Waals surface area contributed by atoms with E-state index in [-0.39, 0.29) is 0 Å². The monoisotopic (exact) mass is 330 g/mol. The highest BCUT2D eigenvalue weighted by Gasteiger charge is 2.13. The van der Waals surface area contributed by atoms with E-state index in [2.05, 4.69) is 37.9 Å². The molecule has 1 unspecified atom stereocenters. The summed E-state index contributed by atoms with van der Waals surface area (Å²) in [6.07, 6.45) is 5.43. The van der Waals surface area contributed by atoms with Crippen LogP contribution in [0.3, 0.4) is 0 Å². The number of para-hydroxylation sites is 1. The van der Waals surface area contributed by atoms with Crippen molar-refractivity contribution < 1.29 is 0 Å². The minimum Gasteiger partial charge on any atom is -0.240 e. The van der Waals surface area contributed by atoms with Crippen LogP contribution >= 0.6 is 15.9 Å². The third-order valence-corrected chi connectivity index (χ3v) is 4.28. The fraction of sp³-hybridized carbons (Fsp3) is 0.267. The van der Waals surface area contributed by atoms with Gasteiger partial charge in [-0.3, -0.25) is 0 Å². The Hall–Kier alpha value is -1.75. The maximum Gasteiger partial charge on any atom is 0.166 e. The highest BCUT2D eigenvalue weighted by atomic mass is 79.9. The molecule has 0 amide bonds. The number of hydrogen-bond acceptors (Lipinski definition) is 3.